The summed E-state index contributed by atoms with van der Waals surface area (Å²) in [5.41, 5.74) is 2.16. The molecule has 0 aliphatic carbocycles. The predicted octanol–water partition coefficient (Wildman–Crippen LogP) is 3.16. The van der Waals surface area contributed by atoms with E-state index in [2.05, 4.69) is 10.3 Å². The average Bonchev–Trinajstić information content (AvgIpc) is 2.64. The van der Waals surface area contributed by atoms with E-state index in [1.165, 1.54) is 6.20 Å². The van der Waals surface area contributed by atoms with Crippen molar-refractivity contribution in [3.63, 3.8) is 0 Å². The fraction of sp³-hybridized carbons (Fsp3) is 0.350. The Morgan fingerprint density at radius 3 is 2.88 bits per heavy atom. The Labute approximate surface area is 152 Å². The zero-order chi connectivity index (χ0) is 18.5. The second kappa shape index (κ2) is 7.99. The van der Waals surface area contributed by atoms with Gasteiger partial charge in [-0.3, -0.25) is 14.2 Å². The lowest BCUT2D eigenvalue weighted by Crippen LogP contribution is -2.33. The minimum absolute atomic E-state index is 0.0426. The van der Waals surface area contributed by atoms with Crippen LogP contribution in [-0.4, -0.2) is 22.1 Å². The normalized spacial score (nSPS) is 17.6. The number of nitrogens with one attached hydrogen (secondary N) is 1. The third-order valence-corrected chi connectivity index (χ3v) is 4.45. The number of para-hydroxylation sites is 1. The number of nitrogens with zero attached hydrogens (tertiary/aromatic N) is 2. The minimum Gasteiger partial charge on any atom is -0.466 e. The zero-order valence-electron chi connectivity index (χ0n) is 15.1. The van der Waals surface area contributed by atoms with E-state index in [4.69, 9.17) is 4.74 Å². The van der Waals surface area contributed by atoms with Gasteiger partial charge in [0.15, 0.2) is 0 Å². The summed E-state index contributed by atoms with van der Waals surface area (Å²) < 4.78 is 6.64. The topological polar surface area (TPSA) is 73.2 Å². The zero-order valence-corrected chi connectivity index (χ0v) is 15.1. The molecule has 1 unspecified atom stereocenters. The molecule has 0 radical (unpaired) electrons. The van der Waals surface area contributed by atoms with Crippen LogP contribution in [0.3, 0.4) is 0 Å². The molecule has 3 rings (SSSR count). The molecule has 0 amide bonds. The van der Waals surface area contributed by atoms with Gasteiger partial charge in [0.25, 0.3) is 5.56 Å². The Morgan fingerprint density at radius 2 is 2.15 bits per heavy atom. The van der Waals surface area contributed by atoms with Gasteiger partial charge >= 0.3 is 5.97 Å². The number of fused-ring (bicyclic) bond motifs is 1. The molecule has 1 N–H and O–H groups in total. The van der Waals surface area contributed by atoms with Crippen LogP contribution >= 0.6 is 0 Å². The molecule has 2 aromatic rings. The molecule has 1 aliphatic rings. The maximum absolute atomic E-state index is 12.9. The van der Waals surface area contributed by atoms with E-state index in [1.54, 1.807) is 11.5 Å². The summed E-state index contributed by atoms with van der Waals surface area (Å²) in [5, 5.41) is 3.26. The summed E-state index contributed by atoms with van der Waals surface area (Å²) in [5.74, 6) is 0.252. The monoisotopic (exact) mass is 353 g/mol. The van der Waals surface area contributed by atoms with Crippen molar-refractivity contribution in [3.05, 3.63) is 64.5 Å². The van der Waals surface area contributed by atoms with E-state index in [0.29, 0.717) is 18.0 Å². The number of carbonyl (C=O) groups excluding carboxylic acids is 1. The van der Waals surface area contributed by atoms with E-state index in [9.17, 15) is 9.59 Å². The summed E-state index contributed by atoms with van der Waals surface area (Å²) in [6.07, 6.45) is 5.04. The van der Waals surface area contributed by atoms with Crippen molar-refractivity contribution in [3.8, 4) is 0 Å². The van der Waals surface area contributed by atoms with Crippen molar-refractivity contribution < 1.29 is 9.53 Å². The predicted molar refractivity (Wildman–Crippen MR) is 101 cm³/mol. The SMILES string of the molecule is CCOC(=O)Cc1cnc2n(c1=O)C(C)CC/C2=C\Nc1ccccc1. The lowest BCUT2D eigenvalue weighted by molar-refractivity contribution is -0.142. The largest absolute Gasteiger partial charge is 0.466 e. The highest BCUT2D eigenvalue weighted by Crippen LogP contribution is 2.29. The molecule has 2 heterocycles. The molecule has 0 bridgehead atoms. The van der Waals surface area contributed by atoms with Gasteiger partial charge in [-0.2, -0.15) is 0 Å². The van der Waals surface area contributed by atoms with Crippen LogP contribution in [0, 0.1) is 0 Å². The first-order chi connectivity index (χ1) is 12.6. The van der Waals surface area contributed by atoms with Gasteiger partial charge in [-0.25, -0.2) is 4.98 Å². The molecule has 6 heteroatoms. The molecular formula is C20H23N3O3. The molecule has 1 atom stereocenters. The minimum atomic E-state index is -0.406. The molecular weight excluding hydrogens is 330 g/mol. The number of esters is 1. The third kappa shape index (κ3) is 3.85. The van der Waals surface area contributed by atoms with Crippen molar-refractivity contribution in [2.75, 3.05) is 11.9 Å². The first-order valence-corrected chi connectivity index (χ1v) is 8.87. The molecule has 136 valence electrons. The highest BCUT2D eigenvalue weighted by atomic mass is 16.5. The van der Waals surface area contributed by atoms with Crippen molar-refractivity contribution in [1.29, 1.82) is 0 Å². The van der Waals surface area contributed by atoms with Crippen molar-refractivity contribution in [2.24, 2.45) is 0 Å². The Balaban J connectivity index is 1.91. The van der Waals surface area contributed by atoms with Crippen LogP contribution in [0.2, 0.25) is 0 Å². The highest BCUT2D eigenvalue weighted by molar-refractivity contribution is 5.72. The van der Waals surface area contributed by atoms with Gasteiger partial charge < -0.3 is 10.1 Å². The van der Waals surface area contributed by atoms with E-state index in [1.807, 2.05) is 43.5 Å². The molecule has 1 aliphatic heterocycles. The van der Waals surface area contributed by atoms with Gasteiger partial charge in [0.2, 0.25) is 0 Å². The quantitative estimate of drug-likeness (QED) is 0.836. The number of benzene rings is 1. The number of carbonyl (C=O) groups is 1. The molecule has 0 saturated carbocycles. The van der Waals surface area contributed by atoms with E-state index >= 15 is 0 Å². The summed E-state index contributed by atoms with van der Waals surface area (Å²) in [4.78, 5) is 29.1. The maximum Gasteiger partial charge on any atom is 0.310 e. The first kappa shape index (κ1) is 17.9. The lowest BCUT2D eigenvalue weighted by atomic mass is 10.00. The second-order valence-electron chi connectivity index (χ2n) is 6.33. The van der Waals surface area contributed by atoms with Gasteiger partial charge in [-0.1, -0.05) is 18.2 Å². The van der Waals surface area contributed by atoms with Gasteiger partial charge in [0.05, 0.1) is 13.0 Å². The molecule has 1 aromatic carbocycles. The number of rotatable bonds is 5. The summed E-state index contributed by atoms with van der Waals surface area (Å²) in [6, 6.07) is 9.88. The number of ether oxygens (including phenoxy) is 1. The van der Waals surface area contributed by atoms with Crippen LogP contribution in [0.5, 0.6) is 0 Å². The molecule has 0 saturated heterocycles. The fourth-order valence-electron chi connectivity index (χ4n) is 3.09. The van der Waals surface area contributed by atoms with Gasteiger partial charge in [-0.05, 0) is 38.8 Å². The number of aromatic nitrogens is 2. The van der Waals surface area contributed by atoms with Crippen LogP contribution < -0.4 is 10.9 Å². The number of hydrogen-bond donors (Lipinski definition) is 1. The highest BCUT2D eigenvalue weighted by Gasteiger charge is 2.24. The van der Waals surface area contributed by atoms with E-state index in [0.717, 1.165) is 24.1 Å². The van der Waals surface area contributed by atoms with Crippen molar-refractivity contribution in [2.45, 2.75) is 39.2 Å². The van der Waals surface area contributed by atoms with Crippen LogP contribution in [0.4, 0.5) is 5.69 Å². The Kier molecular flexibility index (Phi) is 5.51. The van der Waals surface area contributed by atoms with E-state index < -0.39 is 5.97 Å². The summed E-state index contributed by atoms with van der Waals surface area (Å²) in [6.45, 7) is 4.05. The Hall–Kier alpha value is -2.89. The Bertz CT molecular complexity index is 872. The molecule has 1 aromatic heterocycles. The average molecular weight is 353 g/mol. The number of anilines is 1. The van der Waals surface area contributed by atoms with Crippen molar-refractivity contribution >= 4 is 17.2 Å². The third-order valence-electron chi connectivity index (χ3n) is 4.45. The van der Waals surface area contributed by atoms with Crippen molar-refractivity contribution in [1.82, 2.24) is 9.55 Å². The molecule has 0 fully saturated rings. The standard InChI is InChI=1S/C20H23N3O3/c1-3-26-18(24)11-16-13-22-19-15(10-9-14(2)23(19)20(16)25)12-21-17-7-5-4-6-8-17/h4-8,12-14,21H,3,9-11H2,1-2H3/b15-12+. The fourth-order valence-corrected chi connectivity index (χ4v) is 3.09. The van der Waals surface area contributed by atoms with Crippen LogP contribution in [-0.2, 0) is 16.0 Å². The van der Waals surface area contributed by atoms with Gasteiger partial charge in [0, 0.05) is 35.3 Å². The van der Waals surface area contributed by atoms with Crippen LogP contribution in [0.1, 0.15) is 44.1 Å². The van der Waals surface area contributed by atoms with Gasteiger partial charge in [0.1, 0.15) is 5.82 Å². The lowest BCUT2D eigenvalue weighted by Gasteiger charge is -2.26. The first-order valence-electron chi connectivity index (χ1n) is 8.87. The smallest absolute Gasteiger partial charge is 0.310 e. The summed E-state index contributed by atoms with van der Waals surface area (Å²) in [7, 11) is 0. The molecule has 26 heavy (non-hydrogen) atoms. The molecule has 0 spiro atoms. The van der Waals surface area contributed by atoms with E-state index in [-0.39, 0.29) is 18.0 Å². The van der Waals surface area contributed by atoms with Crippen LogP contribution in [0.15, 0.2) is 47.5 Å². The number of allylic oxidation sites excluding steroid dienone is 1. The van der Waals surface area contributed by atoms with Crippen LogP contribution in [0.25, 0.3) is 5.57 Å². The molecule has 6 nitrogen and oxygen atoms in total. The number of hydrogen-bond acceptors (Lipinski definition) is 5. The maximum atomic E-state index is 12.9. The summed E-state index contributed by atoms with van der Waals surface area (Å²) >= 11 is 0. The second-order valence-corrected chi connectivity index (χ2v) is 6.33. The Morgan fingerprint density at radius 1 is 1.38 bits per heavy atom. The van der Waals surface area contributed by atoms with Gasteiger partial charge in [-0.15, -0.1) is 0 Å².